The zero-order valence-corrected chi connectivity index (χ0v) is 15.0. The molecule has 1 atom stereocenters. The Morgan fingerprint density at radius 1 is 1.28 bits per heavy atom. The molecule has 0 saturated heterocycles. The van der Waals surface area contributed by atoms with Crippen molar-refractivity contribution in [3.8, 4) is 0 Å². The van der Waals surface area contributed by atoms with E-state index in [0.29, 0.717) is 17.6 Å². The molecular weight excluding hydrogens is 338 g/mol. The van der Waals surface area contributed by atoms with Crippen LogP contribution in [0.4, 0.5) is 4.79 Å². The summed E-state index contributed by atoms with van der Waals surface area (Å²) in [6.45, 7) is 2.25. The van der Waals surface area contributed by atoms with Gasteiger partial charge in [-0.2, -0.15) is 0 Å². The third kappa shape index (κ3) is 4.19. The molecule has 25 heavy (non-hydrogen) atoms. The minimum atomic E-state index is -0.584. The number of aromatic nitrogens is 3. The smallest absolute Gasteiger partial charge is 0.321 e. The second kappa shape index (κ2) is 7.69. The Kier molecular flexibility index (Phi) is 5.37. The lowest BCUT2D eigenvalue weighted by molar-refractivity contribution is -0.119. The van der Waals surface area contributed by atoms with Crippen LogP contribution in [0.5, 0.6) is 0 Å². The number of carbonyl (C=O) groups is 2. The van der Waals surface area contributed by atoms with Crippen molar-refractivity contribution in [2.75, 3.05) is 6.54 Å². The van der Waals surface area contributed by atoms with Gasteiger partial charge in [0.1, 0.15) is 11.1 Å². The van der Waals surface area contributed by atoms with E-state index in [1.165, 1.54) is 11.8 Å². The summed E-state index contributed by atoms with van der Waals surface area (Å²) in [5.74, 6) is 1.06. The summed E-state index contributed by atoms with van der Waals surface area (Å²) in [6, 6.07) is 8.87. The highest BCUT2D eigenvalue weighted by molar-refractivity contribution is 8.00. The van der Waals surface area contributed by atoms with Gasteiger partial charge in [-0.25, -0.2) is 4.79 Å². The van der Waals surface area contributed by atoms with E-state index in [2.05, 4.69) is 20.8 Å². The molecule has 0 spiro atoms. The van der Waals surface area contributed by atoms with Crippen molar-refractivity contribution in [2.45, 2.75) is 36.1 Å². The molecule has 3 amide bonds. The van der Waals surface area contributed by atoms with Gasteiger partial charge in [-0.05, 0) is 25.3 Å². The number of nitrogens with one attached hydrogen (secondary N) is 2. The standard InChI is InChI=1S/C17H21N5O2S/c1-3-18-16(24)19-15(23)13(11-7-5-4-6-8-11)25-17-21-20-14(22(17)2)12-9-10-12/h4-8,12-13H,3,9-10H2,1-2H3,(H2,18,19,23,24)/t13-/m0/s1. The first-order valence-electron chi connectivity index (χ1n) is 8.29. The van der Waals surface area contributed by atoms with Crippen molar-refractivity contribution in [1.29, 1.82) is 0 Å². The Morgan fingerprint density at radius 2 is 2.00 bits per heavy atom. The number of urea groups is 1. The molecule has 0 radical (unpaired) electrons. The van der Waals surface area contributed by atoms with Gasteiger partial charge in [0.15, 0.2) is 5.16 Å². The summed E-state index contributed by atoms with van der Waals surface area (Å²) in [6.07, 6.45) is 2.27. The lowest BCUT2D eigenvalue weighted by Crippen LogP contribution is -2.41. The molecule has 0 unspecified atom stereocenters. The molecule has 0 aliphatic heterocycles. The molecule has 1 saturated carbocycles. The molecule has 1 heterocycles. The van der Waals surface area contributed by atoms with Crippen LogP contribution in [0.2, 0.25) is 0 Å². The predicted molar refractivity (Wildman–Crippen MR) is 95.2 cm³/mol. The van der Waals surface area contributed by atoms with E-state index in [9.17, 15) is 9.59 Å². The van der Waals surface area contributed by atoms with Crippen LogP contribution in [-0.2, 0) is 11.8 Å². The minimum absolute atomic E-state index is 0.377. The third-order valence-electron chi connectivity index (χ3n) is 3.95. The first kappa shape index (κ1) is 17.5. The van der Waals surface area contributed by atoms with Gasteiger partial charge in [0.05, 0.1) is 0 Å². The summed E-state index contributed by atoms with van der Waals surface area (Å²) >= 11 is 1.30. The highest BCUT2D eigenvalue weighted by Crippen LogP contribution is 2.41. The fraction of sp³-hybridized carbons (Fsp3) is 0.412. The number of carbonyl (C=O) groups excluding carboxylic acids is 2. The molecule has 7 nitrogen and oxygen atoms in total. The van der Waals surface area contributed by atoms with Gasteiger partial charge in [0, 0.05) is 19.5 Å². The molecule has 132 valence electrons. The minimum Gasteiger partial charge on any atom is -0.338 e. The second-order valence-electron chi connectivity index (χ2n) is 5.93. The maximum Gasteiger partial charge on any atom is 0.321 e. The van der Waals surface area contributed by atoms with Crippen molar-refractivity contribution >= 4 is 23.7 Å². The van der Waals surface area contributed by atoms with Crippen molar-refractivity contribution in [3.05, 3.63) is 41.7 Å². The largest absolute Gasteiger partial charge is 0.338 e. The molecule has 1 aromatic heterocycles. The van der Waals surface area contributed by atoms with Crippen LogP contribution in [0.25, 0.3) is 0 Å². The van der Waals surface area contributed by atoms with Crippen LogP contribution < -0.4 is 10.6 Å². The number of amides is 3. The zero-order valence-electron chi connectivity index (χ0n) is 14.2. The van der Waals surface area contributed by atoms with E-state index in [4.69, 9.17) is 0 Å². The van der Waals surface area contributed by atoms with E-state index in [-0.39, 0.29) is 5.91 Å². The van der Waals surface area contributed by atoms with Crippen LogP contribution in [-0.4, -0.2) is 33.2 Å². The first-order chi connectivity index (χ1) is 12.1. The molecule has 8 heteroatoms. The van der Waals surface area contributed by atoms with Crippen molar-refractivity contribution in [1.82, 2.24) is 25.4 Å². The summed E-state index contributed by atoms with van der Waals surface area (Å²) in [5.41, 5.74) is 0.810. The maximum absolute atomic E-state index is 12.6. The lowest BCUT2D eigenvalue weighted by Gasteiger charge is -2.16. The fourth-order valence-corrected chi connectivity index (χ4v) is 3.52. The number of imide groups is 1. The van der Waals surface area contributed by atoms with Gasteiger partial charge in [-0.3, -0.25) is 10.1 Å². The highest BCUT2D eigenvalue weighted by Gasteiger charge is 2.31. The number of thioether (sulfide) groups is 1. The van der Waals surface area contributed by atoms with Crippen molar-refractivity contribution < 1.29 is 9.59 Å². The second-order valence-corrected chi connectivity index (χ2v) is 7.00. The third-order valence-corrected chi connectivity index (χ3v) is 5.24. The summed E-state index contributed by atoms with van der Waals surface area (Å²) in [7, 11) is 1.92. The topological polar surface area (TPSA) is 88.9 Å². The van der Waals surface area contributed by atoms with E-state index >= 15 is 0 Å². The first-order valence-corrected chi connectivity index (χ1v) is 9.17. The van der Waals surface area contributed by atoms with Crippen molar-refractivity contribution in [3.63, 3.8) is 0 Å². The Bertz CT molecular complexity index is 758. The molecule has 1 aliphatic carbocycles. The normalized spacial score (nSPS) is 14.8. The number of nitrogens with zero attached hydrogens (tertiary/aromatic N) is 3. The Balaban J connectivity index is 1.81. The molecule has 2 aromatic rings. The van der Waals surface area contributed by atoms with Gasteiger partial charge in [0.2, 0.25) is 5.91 Å². The molecule has 2 N–H and O–H groups in total. The highest BCUT2D eigenvalue weighted by atomic mass is 32.2. The van der Waals surface area contributed by atoms with E-state index in [0.717, 1.165) is 24.2 Å². The molecular formula is C17H21N5O2S. The van der Waals surface area contributed by atoms with Gasteiger partial charge < -0.3 is 9.88 Å². The number of hydrogen-bond acceptors (Lipinski definition) is 5. The van der Waals surface area contributed by atoms with E-state index < -0.39 is 11.3 Å². The van der Waals surface area contributed by atoms with E-state index in [1.807, 2.05) is 41.9 Å². The molecule has 0 bridgehead atoms. The van der Waals surface area contributed by atoms with Gasteiger partial charge >= 0.3 is 6.03 Å². The summed E-state index contributed by atoms with van der Waals surface area (Å²) < 4.78 is 1.94. The Labute approximate surface area is 150 Å². The number of hydrogen-bond donors (Lipinski definition) is 2. The van der Waals surface area contributed by atoms with Gasteiger partial charge in [-0.1, -0.05) is 42.1 Å². The lowest BCUT2D eigenvalue weighted by atomic mass is 10.1. The number of benzene rings is 1. The average Bonchev–Trinajstić information content (AvgIpc) is 3.37. The SMILES string of the molecule is CCNC(=O)NC(=O)[C@@H](Sc1nnc(C2CC2)n1C)c1ccccc1. The fourth-order valence-electron chi connectivity index (χ4n) is 2.51. The van der Waals surface area contributed by atoms with Gasteiger partial charge in [-0.15, -0.1) is 10.2 Å². The van der Waals surface area contributed by atoms with Gasteiger partial charge in [0.25, 0.3) is 0 Å². The zero-order chi connectivity index (χ0) is 17.8. The quantitative estimate of drug-likeness (QED) is 0.773. The summed E-state index contributed by atoms with van der Waals surface area (Å²) in [5, 5.41) is 13.5. The Morgan fingerprint density at radius 3 is 2.64 bits per heavy atom. The maximum atomic E-state index is 12.6. The molecule has 1 fully saturated rings. The predicted octanol–water partition coefficient (Wildman–Crippen LogP) is 2.37. The van der Waals surface area contributed by atoms with Crippen LogP contribution >= 0.6 is 11.8 Å². The van der Waals surface area contributed by atoms with Crippen LogP contribution in [0.15, 0.2) is 35.5 Å². The number of rotatable bonds is 6. The van der Waals surface area contributed by atoms with E-state index in [1.54, 1.807) is 6.92 Å². The Hall–Kier alpha value is -2.35. The molecule has 1 aromatic carbocycles. The molecule has 3 rings (SSSR count). The van der Waals surface area contributed by atoms with Crippen LogP contribution in [0, 0.1) is 0 Å². The van der Waals surface area contributed by atoms with Crippen LogP contribution in [0.1, 0.15) is 42.3 Å². The van der Waals surface area contributed by atoms with Crippen molar-refractivity contribution in [2.24, 2.45) is 7.05 Å². The molecule has 1 aliphatic rings. The monoisotopic (exact) mass is 359 g/mol. The summed E-state index contributed by atoms with van der Waals surface area (Å²) in [4.78, 5) is 24.4. The average molecular weight is 359 g/mol. The van der Waals surface area contributed by atoms with Crippen LogP contribution in [0.3, 0.4) is 0 Å².